The molecule has 2 aromatic heterocycles. The first-order valence-electron chi connectivity index (χ1n) is 11.7. The van der Waals surface area contributed by atoms with Crippen molar-refractivity contribution in [2.45, 2.75) is 26.8 Å². The number of aromatic nitrogens is 3. The van der Waals surface area contributed by atoms with Gasteiger partial charge in [0.25, 0.3) is 0 Å². The Morgan fingerprint density at radius 2 is 1.91 bits per heavy atom. The molecule has 1 unspecified atom stereocenters. The van der Waals surface area contributed by atoms with Gasteiger partial charge in [0.1, 0.15) is 11.8 Å². The van der Waals surface area contributed by atoms with Gasteiger partial charge in [0.05, 0.1) is 35.7 Å². The second-order valence-corrected chi connectivity index (χ2v) is 8.49. The molecule has 0 bridgehead atoms. The van der Waals surface area contributed by atoms with E-state index < -0.39 is 0 Å². The standard InChI is InChI=1S/C26H29N5O3/c1-4-33-24-15-20(9-10-21(24)25-16-27-19(3)34-25)29-11-13-30(14-12-29)26(32)18(2)31-17-28-22-7-5-6-8-23(22)31/h5-10,15-18H,4,11-14H2,1-3H3. The van der Waals surface area contributed by atoms with Gasteiger partial charge < -0.3 is 23.5 Å². The zero-order chi connectivity index (χ0) is 23.7. The molecule has 176 valence electrons. The monoisotopic (exact) mass is 459 g/mol. The molecule has 3 heterocycles. The van der Waals surface area contributed by atoms with Crippen LogP contribution in [0.4, 0.5) is 5.69 Å². The molecule has 0 radical (unpaired) electrons. The maximum atomic E-state index is 13.2. The molecule has 8 heteroatoms. The molecule has 5 rings (SSSR count). The lowest BCUT2D eigenvalue weighted by molar-refractivity contribution is -0.134. The summed E-state index contributed by atoms with van der Waals surface area (Å²) in [5.74, 6) is 2.22. The summed E-state index contributed by atoms with van der Waals surface area (Å²) in [6.07, 6.45) is 3.48. The summed E-state index contributed by atoms with van der Waals surface area (Å²) in [4.78, 5) is 26.1. The van der Waals surface area contributed by atoms with E-state index in [4.69, 9.17) is 9.15 Å². The van der Waals surface area contributed by atoms with Crippen molar-refractivity contribution >= 4 is 22.6 Å². The molecule has 1 fully saturated rings. The van der Waals surface area contributed by atoms with Crippen molar-refractivity contribution in [1.29, 1.82) is 0 Å². The van der Waals surface area contributed by atoms with E-state index in [-0.39, 0.29) is 11.9 Å². The number of ether oxygens (including phenoxy) is 1. The maximum Gasteiger partial charge on any atom is 0.245 e. The summed E-state index contributed by atoms with van der Waals surface area (Å²) in [6.45, 7) is 9.16. The Labute approximate surface area is 198 Å². The van der Waals surface area contributed by atoms with Crippen LogP contribution in [-0.4, -0.2) is 58.1 Å². The van der Waals surface area contributed by atoms with Crippen molar-refractivity contribution in [1.82, 2.24) is 19.4 Å². The molecule has 1 aliphatic rings. The predicted octanol–water partition coefficient (Wildman–Crippen LogP) is 4.31. The van der Waals surface area contributed by atoms with Gasteiger partial charge in [-0.3, -0.25) is 4.79 Å². The first-order valence-corrected chi connectivity index (χ1v) is 11.7. The molecule has 8 nitrogen and oxygen atoms in total. The average Bonchev–Trinajstić information content (AvgIpc) is 3.50. The third kappa shape index (κ3) is 4.11. The Kier molecular flexibility index (Phi) is 5.96. The van der Waals surface area contributed by atoms with Gasteiger partial charge in [-0.05, 0) is 38.1 Å². The summed E-state index contributed by atoms with van der Waals surface area (Å²) < 4.78 is 13.6. The maximum absolute atomic E-state index is 13.2. The summed E-state index contributed by atoms with van der Waals surface area (Å²) >= 11 is 0. The van der Waals surface area contributed by atoms with E-state index in [1.54, 1.807) is 12.5 Å². The number of anilines is 1. The van der Waals surface area contributed by atoms with E-state index in [0.717, 1.165) is 41.1 Å². The highest BCUT2D eigenvalue weighted by Crippen LogP contribution is 2.34. The normalized spacial score (nSPS) is 15.0. The van der Waals surface area contributed by atoms with Gasteiger partial charge in [-0.15, -0.1) is 0 Å². The number of carbonyl (C=O) groups excluding carboxylic acids is 1. The molecule has 0 saturated carbocycles. The van der Waals surface area contributed by atoms with Gasteiger partial charge in [0.15, 0.2) is 11.7 Å². The van der Waals surface area contributed by atoms with E-state index in [1.807, 2.05) is 60.6 Å². The van der Waals surface area contributed by atoms with Crippen molar-refractivity contribution < 1.29 is 13.9 Å². The number of aryl methyl sites for hydroxylation is 1. The Hall–Kier alpha value is -3.81. The van der Waals surface area contributed by atoms with Gasteiger partial charge in [-0.1, -0.05) is 12.1 Å². The van der Waals surface area contributed by atoms with Crippen LogP contribution in [0.2, 0.25) is 0 Å². The van der Waals surface area contributed by atoms with Crippen LogP contribution in [0.1, 0.15) is 25.8 Å². The number of rotatable bonds is 6. The topological polar surface area (TPSA) is 76.6 Å². The molecule has 0 N–H and O–H groups in total. The SMILES string of the molecule is CCOc1cc(N2CCN(C(=O)C(C)n3cnc4ccccc43)CC2)ccc1-c1cnc(C)o1. The van der Waals surface area contributed by atoms with Crippen LogP contribution in [0, 0.1) is 6.92 Å². The van der Waals surface area contributed by atoms with Crippen LogP contribution in [0.5, 0.6) is 5.75 Å². The predicted molar refractivity (Wildman–Crippen MR) is 131 cm³/mol. The molecule has 0 aliphatic carbocycles. The average molecular weight is 460 g/mol. The summed E-state index contributed by atoms with van der Waals surface area (Å²) in [7, 11) is 0. The Balaban J connectivity index is 1.28. The second kappa shape index (κ2) is 9.21. The zero-order valence-electron chi connectivity index (χ0n) is 19.8. The number of carbonyl (C=O) groups is 1. The first-order chi connectivity index (χ1) is 16.5. The van der Waals surface area contributed by atoms with Gasteiger partial charge in [-0.2, -0.15) is 0 Å². The van der Waals surface area contributed by atoms with Gasteiger partial charge in [-0.25, -0.2) is 9.97 Å². The molecule has 4 aromatic rings. The molecular formula is C26H29N5O3. The minimum absolute atomic E-state index is 0.119. The number of fused-ring (bicyclic) bond motifs is 1. The molecule has 1 amide bonds. The van der Waals surface area contributed by atoms with E-state index in [2.05, 4.69) is 27.0 Å². The summed E-state index contributed by atoms with van der Waals surface area (Å²) in [5, 5.41) is 0. The minimum atomic E-state index is -0.298. The van der Waals surface area contributed by atoms with Crippen molar-refractivity contribution in [3.05, 3.63) is 60.9 Å². The Bertz CT molecular complexity index is 1300. The largest absolute Gasteiger partial charge is 0.493 e. The molecule has 34 heavy (non-hydrogen) atoms. The van der Waals surface area contributed by atoms with Crippen molar-refractivity contribution in [2.24, 2.45) is 0 Å². The van der Waals surface area contributed by atoms with Gasteiger partial charge in [0, 0.05) is 44.9 Å². The van der Waals surface area contributed by atoms with Crippen LogP contribution in [0.25, 0.3) is 22.4 Å². The fourth-order valence-electron chi connectivity index (χ4n) is 4.53. The number of benzene rings is 2. The summed E-state index contributed by atoms with van der Waals surface area (Å²) in [6, 6.07) is 13.7. The number of para-hydroxylation sites is 2. The Morgan fingerprint density at radius 3 is 2.65 bits per heavy atom. The number of hydrogen-bond donors (Lipinski definition) is 0. The van der Waals surface area contributed by atoms with Gasteiger partial charge >= 0.3 is 0 Å². The molecule has 2 aromatic carbocycles. The number of imidazole rings is 1. The highest BCUT2D eigenvalue weighted by atomic mass is 16.5. The van der Waals surface area contributed by atoms with E-state index in [0.29, 0.717) is 31.3 Å². The number of oxazole rings is 1. The van der Waals surface area contributed by atoms with Crippen LogP contribution < -0.4 is 9.64 Å². The third-order valence-corrected chi connectivity index (χ3v) is 6.36. The Morgan fingerprint density at radius 1 is 1.12 bits per heavy atom. The fraction of sp³-hybridized carbons (Fsp3) is 0.346. The van der Waals surface area contributed by atoms with E-state index >= 15 is 0 Å². The highest BCUT2D eigenvalue weighted by Gasteiger charge is 2.27. The molecule has 1 saturated heterocycles. The minimum Gasteiger partial charge on any atom is -0.493 e. The number of nitrogens with zero attached hydrogens (tertiary/aromatic N) is 5. The van der Waals surface area contributed by atoms with Crippen molar-refractivity contribution in [2.75, 3.05) is 37.7 Å². The number of amides is 1. The van der Waals surface area contributed by atoms with Crippen molar-refractivity contribution in [3.63, 3.8) is 0 Å². The van der Waals surface area contributed by atoms with Crippen molar-refractivity contribution in [3.8, 4) is 17.1 Å². The zero-order valence-corrected chi connectivity index (χ0v) is 19.8. The second-order valence-electron chi connectivity index (χ2n) is 8.49. The first kappa shape index (κ1) is 22.0. The van der Waals surface area contributed by atoms with Crippen LogP contribution in [-0.2, 0) is 4.79 Å². The molecule has 1 aliphatic heterocycles. The smallest absolute Gasteiger partial charge is 0.245 e. The lowest BCUT2D eigenvalue weighted by Gasteiger charge is -2.37. The van der Waals surface area contributed by atoms with E-state index in [1.165, 1.54) is 0 Å². The van der Waals surface area contributed by atoms with Crippen LogP contribution in [0.3, 0.4) is 0 Å². The highest BCUT2D eigenvalue weighted by molar-refractivity contribution is 5.84. The quantitative estimate of drug-likeness (QED) is 0.428. The molecule has 1 atom stereocenters. The lowest BCUT2D eigenvalue weighted by Crippen LogP contribution is -2.50. The molecule has 0 spiro atoms. The van der Waals surface area contributed by atoms with Crippen LogP contribution in [0.15, 0.2) is 59.4 Å². The number of piperazine rings is 1. The fourth-order valence-corrected chi connectivity index (χ4v) is 4.53. The van der Waals surface area contributed by atoms with Crippen LogP contribution >= 0.6 is 0 Å². The van der Waals surface area contributed by atoms with Gasteiger partial charge in [0.2, 0.25) is 5.91 Å². The third-order valence-electron chi connectivity index (χ3n) is 6.36. The molecular weight excluding hydrogens is 430 g/mol. The van der Waals surface area contributed by atoms with E-state index in [9.17, 15) is 4.79 Å². The summed E-state index contributed by atoms with van der Waals surface area (Å²) in [5.41, 5.74) is 3.85. The lowest BCUT2D eigenvalue weighted by atomic mass is 10.1. The number of hydrogen-bond acceptors (Lipinski definition) is 6.